The zero-order chi connectivity index (χ0) is 19.2. The fourth-order valence-electron chi connectivity index (χ4n) is 2.89. The minimum atomic E-state index is 1.12. The monoisotopic (exact) mass is 344 g/mol. The van der Waals surface area contributed by atoms with Gasteiger partial charge in [0.1, 0.15) is 0 Å². The summed E-state index contributed by atoms with van der Waals surface area (Å²) < 4.78 is 0. The molecule has 2 aromatic carbocycles. The molecule has 1 aliphatic carbocycles. The van der Waals surface area contributed by atoms with Crippen LogP contribution >= 0.6 is 0 Å². The highest BCUT2D eigenvalue weighted by Gasteiger charge is 2.13. The van der Waals surface area contributed by atoms with Crippen LogP contribution in [0, 0.1) is 0 Å². The zero-order valence-corrected chi connectivity index (χ0v) is 16.7. The predicted octanol–water partition coefficient (Wildman–Crippen LogP) is 8.11. The lowest BCUT2D eigenvalue weighted by molar-refractivity contribution is 0.996. The van der Waals surface area contributed by atoms with Gasteiger partial charge in [-0.15, -0.1) is 6.58 Å². The molecule has 0 nitrogen and oxygen atoms in total. The van der Waals surface area contributed by atoms with Crippen molar-refractivity contribution >= 4 is 11.1 Å². The largest absolute Gasteiger partial charge is 0.103 e. The van der Waals surface area contributed by atoms with Crippen molar-refractivity contribution in [2.45, 2.75) is 40.5 Å². The molecule has 0 atom stereocenters. The summed E-state index contributed by atoms with van der Waals surface area (Å²) in [5.74, 6) is 0. The lowest BCUT2D eigenvalue weighted by Gasteiger charge is -2.18. The fraction of sp³-hybridized carbons (Fsp3) is 0.231. The van der Waals surface area contributed by atoms with Crippen molar-refractivity contribution in [2.75, 3.05) is 0 Å². The maximum Gasteiger partial charge on any atom is -0.0117 e. The van der Waals surface area contributed by atoms with Gasteiger partial charge < -0.3 is 0 Å². The van der Waals surface area contributed by atoms with E-state index in [1.54, 1.807) is 6.08 Å². The first-order valence-corrected chi connectivity index (χ1v) is 9.52. The van der Waals surface area contributed by atoms with Crippen molar-refractivity contribution in [2.24, 2.45) is 0 Å². The summed E-state index contributed by atoms with van der Waals surface area (Å²) in [6.45, 7) is 11.5. The average molecular weight is 345 g/mol. The molecule has 0 saturated heterocycles. The van der Waals surface area contributed by atoms with Gasteiger partial charge >= 0.3 is 0 Å². The van der Waals surface area contributed by atoms with E-state index < -0.39 is 0 Å². The second kappa shape index (κ2) is 12.7. The van der Waals surface area contributed by atoms with E-state index in [-0.39, 0.29) is 0 Å². The van der Waals surface area contributed by atoms with Gasteiger partial charge in [0.15, 0.2) is 0 Å². The Morgan fingerprint density at radius 2 is 1.38 bits per heavy atom. The summed E-state index contributed by atoms with van der Waals surface area (Å²) in [7, 11) is 0. The van der Waals surface area contributed by atoms with E-state index in [0.717, 1.165) is 12.8 Å². The van der Waals surface area contributed by atoms with E-state index in [1.165, 1.54) is 27.8 Å². The third kappa shape index (κ3) is 6.37. The van der Waals surface area contributed by atoms with Crippen molar-refractivity contribution < 1.29 is 0 Å². The molecule has 1 aliphatic rings. The van der Waals surface area contributed by atoms with Crippen LogP contribution in [0.4, 0.5) is 0 Å². The lowest BCUT2D eigenvalue weighted by Crippen LogP contribution is -1.96. The second-order valence-electron chi connectivity index (χ2n) is 5.80. The van der Waals surface area contributed by atoms with Crippen LogP contribution in [-0.2, 0) is 0 Å². The molecule has 0 aliphatic heterocycles. The molecular weight excluding hydrogens is 312 g/mol. The Bertz CT molecular complexity index is 728. The zero-order valence-electron chi connectivity index (χ0n) is 16.7. The van der Waals surface area contributed by atoms with Crippen LogP contribution in [0.1, 0.15) is 51.7 Å². The molecule has 0 N–H and O–H groups in total. The van der Waals surface area contributed by atoms with E-state index in [1.807, 2.05) is 20.8 Å². The van der Waals surface area contributed by atoms with Crippen LogP contribution in [0.3, 0.4) is 0 Å². The summed E-state index contributed by atoms with van der Waals surface area (Å²) in [5, 5.41) is 0. The minimum absolute atomic E-state index is 1.12. The Labute approximate surface area is 160 Å². The fourth-order valence-corrected chi connectivity index (χ4v) is 2.89. The number of rotatable bonds is 3. The Morgan fingerprint density at radius 1 is 0.885 bits per heavy atom. The molecule has 0 radical (unpaired) electrons. The molecule has 0 fully saturated rings. The maximum absolute atomic E-state index is 3.36. The maximum atomic E-state index is 3.36. The van der Waals surface area contributed by atoms with Crippen molar-refractivity contribution in [1.82, 2.24) is 0 Å². The molecule has 0 saturated carbocycles. The molecule has 0 aromatic heterocycles. The van der Waals surface area contributed by atoms with Gasteiger partial charge in [0.2, 0.25) is 0 Å². The van der Waals surface area contributed by atoms with E-state index in [2.05, 4.69) is 92.4 Å². The third-order valence-corrected chi connectivity index (χ3v) is 3.98. The molecule has 3 rings (SSSR count). The highest BCUT2D eigenvalue weighted by Crippen LogP contribution is 2.35. The molecule has 0 bridgehead atoms. The summed E-state index contributed by atoms with van der Waals surface area (Å²) in [6, 6.07) is 21.4. The van der Waals surface area contributed by atoms with E-state index >= 15 is 0 Å². The standard InChI is InChI=1S/C21H20.C3H6.C2H6/c1-17(18-11-5-2-6-12-18)21(19-13-7-3-8-14-19)20-15-9-4-10-16-20;1-3-2;1-2/h2-9,11-15H,10,16H2,1H3;3H,1H2,2H3;1-2H3/b21-17-;;. The molecule has 0 unspecified atom stereocenters. The van der Waals surface area contributed by atoms with E-state index in [9.17, 15) is 0 Å². The SMILES string of the molecule is C/C(=C(/C1=CC=CCC1)c1ccccc1)c1ccccc1.C=CC.CC. The number of benzene rings is 2. The highest BCUT2D eigenvalue weighted by molar-refractivity contribution is 5.97. The first kappa shape index (κ1) is 21.4. The van der Waals surface area contributed by atoms with Crippen molar-refractivity contribution in [3.8, 4) is 0 Å². The van der Waals surface area contributed by atoms with Crippen LogP contribution < -0.4 is 0 Å². The summed E-state index contributed by atoms with van der Waals surface area (Å²) >= 11 is 0. The topological polar surface area (TPSA) is 0 Å². The smallest absolute Gasteiger partial charge is 0.0117 e. The van der Waals surface area contributed by atoms with Gasteiger partial charge in [-0.2, -0.15) is 0 Å². The van der Waals surface area contributed by atoms with Crippen LogP contribution in [0.25, 0.3) is 11.1 Å². The van der Waals surface area contributed by atoms with Crippen LogP contribution in [-0.4, -0.2) is 0 Å². The van der Waals surface area contributed by atoms with E-state index in [0.29, 0.717) is 0 Å². The summed E-state index contributed by atoms with van der Waals surface area (Å²) in [4.78, 5) is 0. The average Bonchev–Trinajstić information content (AvgIpc) is 2.72. The molecule has 136 valence electrons. The van der Waals surface area contributed by atoms with Crippen molar-refractivity contribution in [1.29, 1.82) is 0 Å². The second-order valence-corrected chi connectivity index (χ2v) is 5.80. The summed E-state index contributed by atoms with van der Waals surface area (Å²) in [6.07, 6.45) is 10.7. The Balaban J connectivity index is 0.000000615. The Morgan fingerprint density at radius 3 is 1.85 bits per heavy atom. The highest BCUT2D eigenvalue weighted by atomic mass is 14.2. The normalized spacial score (nSPS) is 13.2. The third-order valence-electron chi connectivity index (χ3n) is 3.98. The molecule has 2 aromatic rings. The quantitative estimate of drug-likeness (QED) is 0.389. The Kier molecular flexibility index (Phi) is 10.5. The predicted molar refractivity (Wildman–Crippen MR) is 119 cm³/mol. The van der Waals surface area contributed by atoms with Crippen LogP contribution in [0.2, 0.25) is 0 Å². The molecular formula is C26H32. The lowest BCUT2D eigenvalue weighted by atomic mass is 9.86. The van der Waals surface area contributed by atoms with Crippen molar-refractivity contribution in [3.05, 3.63) is 108 Å². The molecule has 0 heterocycles. The van der Waals surface area contributed by atoms with Gasteiger partial charge in [-0.05, 0) is 54.5 Å². The number of hydrogen-bond donors (Lipinski definition) is 0. The number of hydrogen-bond acceptors (Lipinski definition) is 0. The van der Waals surface area contributed by atoms with Gasteiger partial charge in [-0.1, -0.05) is 98.8 Å². The van der Waals surface area contributed by atoms with Crippen LogP contribution in [0.15, 0.2) is 97.1 Å². The number of allylic oxidation sites excluding steroid dienone is 7. The minimum Gasteiger partial charge on any atom is -0.103 e. The van der Waals surface area contributed by atoms with Gasteiger partial charge in [-0.25, -0.2) is 0 Å². The molecule has 0 amide bonds. The summed E-state index contributed by atoms with van der Waals surface area (Å²) in [5.41, 5.74) is 6.77. The van der Waals surface area contributed by atoms with E-state index in [4.69, 9.17) is 0 Å². The van der Waals surface area contributed by atoms with Crippen molar-refractivity contribution in [3.63, 3.8) is 0 Å². The van der Waals surface area contributed by atoms with Gasteiger partial charge in [-0.3, -0.25) is 0 Å². The van der Waals surface area contributed by atoms with Gasteiger partial charge in [0.05, 0.1) is 0 Å². The molecule has 0 spiro atoms. The van der Waals surface area contributed by atoms with Crippen LogP contribution in [0.5, 0.6) is 0 Å². The molecule has 0 heteroatoms. The molecule has 26 heavy (non-hydrogen) atoms. The first-order valence-electron chi connectivity index (χ1n) is 9.52. The Hall–Kier alpha value is -2.60. The first-order chi connectivity index (χ1) is 12.8. The van der Waals surface area contributed by atoms with Gasteiger partial charge in [0.25, 0.3) is 0 Å². The van der Waals surface area contributed by atoms with Gasteiger partial charge in [0, 0.05) is 0 Å².